The quantitative estimate of drug-likeness (QED) is 0.755. The fourth-order valence-corrected chi connectivity index (χ4v) is 2.08. The van der Waals surface area contributed by atoms with E-state index in [0.717, 1.165) is 22.9 Å². The van der Waals surface area contributed by atoms with Crippen molar-refractivity contribution < 1.29 is 0 Å². The molecule has 0 amide bonds. The lowest BCUT2D eigenvalue weighted by molar-refractivity contribution is 0.748. The van der Waals surface area contributed by atoms with Crippen molar-refractivity contribution in [1.82, 2.24) is 14.5 Å². The van der Waals surface area contributed by atoms with E-state index in [9.17, 15) is 0 Å². The lowest BCUT2D eigenvalue weighted by atomic mass is 10.4. The lowest BCUT2D eigenvalue weighted by Crippen LogP contribution is -2.01. The van der Waals surface area contributed by atoms with Gasteiger partial charge >= 0.3 is 0 Å². The van der Waals surface area contributed by atoms with Gasteiger partial charge in [-0.2, -0.15) is 0 Å². The first-order valence-corrected chi connectivity index (χ1v) is 5.67. The van der Waals surface area contributed by atoms with E-state index >= 15 is 0 Å². The highest BCUT2D eigenvalue weighted by Gasteiger charge is 2.03. The third kappa shape index (κ3) is 1.96. The molecule has 0 unspecified atom stereocenters. The number of alkyl halides is 1. The van der Waals surface area contributed by atoms with Crippen molar-refractivity contribution >= 4 is 22.9 Å². The fraction of sp³-hybridized carbons (Fsp3) is 0.333. The van der Waals surface area contributed by atoms with Gasteiger partial charge in [-0.15, -0.1) is 22.9 Å². The van der Waals surface area contributed by atoms with Crippen LogP contribution >= 0.6 is 22.9 Å². The van der Waals surface area contributed by atoms with Gasteiger partial charge in [-0.1, -0.05) is 0 Å². The van der Waals surface area contributed by atoms with E-state index in [0.29, 0.717) is 5.88 Å². The number of imidazole rings is 1. The molecule has 0 spiro atoms. The molecule has 0 aromatic carbocycles. The topological polar surface area (TPSA) is 30.7 Å². The highest BCUT2D eigenvalue weighted by atomic mass is 35.5. The van der Waals surface area contributed by atoms with Crippen LogP contribution in [0.15, 0.2) is 17.9 Å². The van der Waals surface area contributed by atoms with Crippen LogP contribution < -0.4 is 0 Å². The van der Waals surface area contributed by atoms with Gasteiger partial charge in [0.2, 0.25) is 0 Å². The summed E-state index contributed by atoms with van der Waals surface area (Å²) >= 11 is 7.43. The van der Waals surface area contributed by atoms with Gasteiger partial charge in [0.05, 0.1) is 35.1 Å². The normalized spacial score (nSPS) is 10.7. The predicted molar refractivity (Wildman–Crippen MR) is 57.7 cm³/mol. The van der Waals surface area contributed by atoms with Crippen molar-refractivity contribution in [3.05, 3.63) is 34.3 Å². The molecule has 0 aliphatic rings. The van der Waals surface area contributed by atoms with E-state index < -0.39 is 0 Å². The Kier molecular flexibility index (Phi) is 2.84. The first-order chi connectivity index (χ1) is 6.79. The Morgan fingerprint density at radius 1 is 1.57 bits per heavy atom. The van der Waals surface area contributed by atoms with E-state index in [1.807, 2.05) is 11.5 Å². The lowest BCUT2D eigenvalue weighted by Gasteiger charge is -2.02. The monoisotopic (exact) mass is 227 g/mol. The highest BCUT2D eigenvalue weighted by Crippen LogP contribution is 2.11. The van der Waals surface area contributed by atoms with Gasteiger partial charge in [-0.25, -0.2) is 9.97 Å². The van der Waals surface area contributed by atoms with Crippen molar-refractivity contribution in [3.8, 4) is 0 Å². The number of halogens is 1. The summed E-state index contributed by atoms with van der Waals surface area (Å²) in [6.45, 7) is 2.76. The zero-order valence-electron chi connectivity index (χ0n) is 7.77. The maximum absolute atomic E-state index is 5.77. The fourth-order valence-electron chi connectivity index (χ4n) is 1.26. The molecule has 0 N–H and O–H groups in total. The average Bonchev–Trinajstić information content (AvgIpc) is 2.76. The maximum Gasteiger partial charge on any atom is 0.0952 e. The molecule has 0 radical (unpaired) electrons. The molecule has 0 saturated carbocycles. The maximum atomic E-state index is 5.77. The minimum absolute atomic E-state index is 0.489. The Balaban J connectivity index is 2.18. The molecule has 2 aromatic heterocycles. The summed E-state index contributed by atoms with van der Waals surface area (Å²) in [5.41, 5.74) is 2.09. The summed E-state index contributed by atoms with van der Waals surface area (Å²) < 4.78 is 2.02. The van der Waals surface area contributed by atoms with Gasteiger partial charge < -0.3 is 4.57 Å². The van der Waals surface area contributed by atoms with Crippen LogP contribution in [0.3, 0.4) is 0 Å². The second-order valence-corrected chi connectivity index (χ2v) is 4.33. The van der Waals surface area contributed by atoms with Gasteiger partial charge in [0, 0.05) is 11.6 Å². The van der Waals surface area contributed by atoms with E-state index in [1.165, 1.54) is 0 Å². The van der Waals surface area contributed by atoms with E-state index in [1.54, 1.807) is 23.9 Å². The molecule has 2 aromatic rings. The summed E-state index contributed by atoms with van der Waals surface area (Å²) in [6, 6.07) is 0. The molecule has 5 heteroatoms. The first kappa shape index (κ1) is 9.68. The second kappa shape index (κ2) is 4.11. The number of hydrogen-bond donors (Lipinski definition) is 0. The highest BCUT2D eigenvalue weighted by molar-refractivity contribution is 7.09. The minimum atomic E-state index is 0.489. The second-order valence-electron chi connectivity index (χ2n) is 3.00. The Bertz CT molecular complexity index is 421. The number of thiazole rings is 1. The van der Waals surface area contributed by atoms with Crippen LogP contribution in [0, 0.1) is 6.92 Å². The standard InChI is InChI=1S/C9H10ClN3S/c1-7-12-8(5-14-7)4-13-6-11-3-9(13)2-10/h3,5-6H,2,4H2,1H3. The zero-order valence-corrected chi connectivity index (χ0v) is 9.35. The van der Waals surface area contributed by atoms with Crippen LogP contribution in [0.25, 0.3) is 0 Å². The van der Waals surface area contributed by atoms with Crippen molar-refractivity contribution in [2.75, 3.05) is 0 Å². The van der Waals surface area contributed by atoms with Crippen LogP contribution in [-0.4, -0.2) is 14.5 Å². The molecule has 0 bridgehead atoms. The number of rotatable bonds is 3. The minimum Gasteiger partial charge on any atom is -0.327 e. The van der Waals surface area contributed by atoms with Crippen LogP contribution in [0.2, 0.25) is 0 Å². The molecule has 2 rings (SSSR count). The van der Waals surface area contributed by atoms with Crippen molar-refractivity contribution in [2.24, 2.45) is 0 Å². The van der Waals surface area contributed by atoms with Crippen molar-refractivity contribution in [3.63, 3.8) is 0 Å². The predicted octanol–water partition coefficient (Wildman–Crippen LogP) is 2.44. The molecule has 74 valence electrons. The largest absolute Gasteiger partial charge is 0.327 e. The average molecular weight is 228 g/mol. The third-order valence-electron chi connectivity index (χ3n) is 1.93. The summed E-state index contributed by atoms with van der Waals surface area (Å²) in [7, 11) is 0. The summed E-state index contributed by atoms with van der Waals surface area (Å²) in [5, 5.41) is 3.15. The molecular weight excluding hydrogens is 218 g/mol. The molecule has 2 heterocycles. The molecule has 0 fully saturated rings. The number of aromatic nitrogens is 3. The smallest absolute Gasteiger partial charge is 0.0952 e. The van der Waals surface area contributed by atoms with E-state index in [4.69, 9.17) is 11.6 Å². The molecule has 0 atom stereocenters. The molecular formula is C9H10ClN3S. The van der Waals surface area contributed by atoms with Crippen LogP contribution in [-0.2, 0) is 12.4 Å². The van der Waals surface area contributed by atoms with Gasteiger partial charge in [-0.05, 0) is 6.92 Å². The Labute approximate surface area is 91.4 Å². The summed E-state index contributed by atoms with van der Waals surface area (Å²) in [6.07, 6.45) is 3.57. The summed E-state index contributed by atoms with van der Waals surface area (Å²) in [5.74, 6) is 0.489. The van der Waals surface area contributed by atoms with Crippen LogP contribution in [0.4, 0.5) is 0 Å². The van der Waals surface area contributed by atoms with Crippen molar-refractivity contribution in [2.45, 2.75) is 19.3 Å². The molecule has 3 nitrogen and oxygen atoms in total. The van der Waals surface area contributed by atoms with E-state index in [2.05, 4.69) is 15.3 Å². The van der Waals surface area contributed by atoms with Gasteiger partial charge in [0.15, 0.2) is 0 Å². The van der Waals surface area contributed by atoms with Crippen LogP contribution in [0.5, 0.6) is 0 Å². The SMILES string of the molecule is Cc1nc(Cn2cncc2CCl)cs1. The zero-order chi connectivity index (χ0) is 9.97. The molecule has 0 aliphatic carbocycles. The van der Waals surface area contributed by atoms with Crippen molar-refractivity contribution in [1.29, 1.82) is 0 Å². The van der Waals surface area contributed by atoms with Crippen LogP contribution in [0.1, 0.15) is 16.4 Å². The summed E-state index contributed by atoms with van der Waals surface area (Å²) in [4.78, 5) is 8.44. The Morgan fingerprint density at radius 2 is 2.43 bits per heavy atom. The Morgan fingerprint density at radius 3 is 3.07 bits per heavy atom. The number of aryl methyl sites for hydroxylation is 1. The van der Waals surface area contributed by atoms with Gasteiger partial charge in [0.1, 0.15) is 0 Å². The number of nitrogens with zero attached hydrogens (tertiary/aromatic N) is 3. The number of hydrogen-bond acceptors (Lipinski definition) is 3. The molecule has 14 heavy (non-hydrogen) atoms. The van der Waals surface area contributed by atoms with Gasteiger partial charge in [-0.3, -0.25) is 0 Å². The Hall–Kier alpha value is -0.870. The van der Waals surface area contributed by atoms with Gasteiger partial charge in [0.25, 0.3) is 0 Å². The molecule has 0 saturated heterocycles. The first-order valence-electron chi connectivity index (χ1n) is 4.25. The van der Waals surface area contributed by atoms with E-state index in [-0.39, 0.29) is 0 Å². The molecule has 0 aliphatic heterocycles. The third-order valence-corrected chi connectivity index (χ3v) is 3.03.